The van der Waals surface area contributed by atoms with Crippen LogP contribution in [0.5, 0.6) is 0 Å². The van der Waals surface area contributed by atoms with E-state index < -0.39 is 15.7 Å². The van der Waals surface area contributed by atoms with E-state index in [1.807, 2.05) is 0 Å². The van der Waals surface area contributed by atoms with Gasteiger partial charge in [0.1, 0.15) is 5.82 Å². The lowest BCUT2D eigenvalue weighted by molar-refractivity contribution is 0.590. The fourth-order valence-corrected chi connectivity index (χ4v) is 3.13. The molecule has 1 aromatic carbocycles. The van der Waals surface area contributed by atoms with Gasteiger partial charge in [0.2, 0.25) is 0 Å². The Bertz CT molecular complexity index is 780. The van der Waals surface area contributed by atoms with Crippen molar-refractivity contribution in [2.24, 2.45) is 0 Å². The van der Waals surface area contributed by atoms with Gasteiger partial charge in [-0.15, -0.1) is 0 Å². The molecular weight excluding hydrogens is 355 g/mol. The topological polar surface area (TPSA) is 54.9 Å². The van der Waals surface area contributed by atoms with E-state index in [-0.39, 0.29) is 18.1 Å². The summed E-state index contributed by atoms with van der Waals surface area (Å²) in [6.45, 7) is 1.86. The van der Waals surface area contributed by atoms with Gasteiger partial charge in [-0.05, 0) is 34.2 Å². The number of nitrogens with one attached hydrogen (secondary N) is 1. The molecule has 0 aliphatic carbocycles. The van der Waals surface area contributed by atoms with E-state index in [0.29, 0.717) is 20.3 Å². The van der Waals surface area contributed by atoms with E-state index >= 15 is 0 Å². The van der Waals surface area contributed by atoms with Crippen LogP contribution in [0.3, 0.4) is 0 Å². The van der Waals surface area contributed by atoms with Gasteiger partial charge in [0.05, 0.1) is 21.3 Å². The predicted octanol–water partition coefficient (Wildman–Crippen LogP) is 3.04. The van der Waals surface area contributed by atoms with E-state index in [4.69, 9.17) is 12.2 Å². The number of imidazole rings is 1. The molecule has 8 heteroatoms. The van der Waals surface area contributed by atoms with Gasteiger partial charge in [0, 0.05) is 18.4 Å². The van der Waals surface area contributed by atoms with Crippen molar-refractivity contribution in [3.8, 4) is 0 Å². The van der Waals surface area contributed by atoms with Crippen LogP contribution in [0.2, 0.25) is 0 Å². The second-order valence-corrected chi connectivity index (χ2v) is 7.82. The average Bonchev–Trinajstić information content (AvgIpc) is 2.63. The summed E-state index contributed by atoms with van der Waals surface area (Å²) in [7, 11) is -3.07. The van der Waals surface area contributed by atoms with Crippen molar-refractivity contribution in [1.29, 1.82) is 0 Å². The minimum Gasteiger partial charge on any atom is -0.330 e. The Hall–Kier alpha value is -0.730. The molecule has 2 rings (SSSR count). The zero-order valence-electron chi connectivity index (χ0n) is 10.1. The lowest BCUT2D eigenvalue weighted by atomic mass is 10.3. The molecule has 0 spiro atoms. The Morgan fingerprint density at radius 2 is 2.16 bits per heavy atom. The summed E-state index contributed by atoms with van der Waals surface area (Å²) in [4.78, 5) is 2.87. The maximum absolute atomic E-state index is 13.4. The van der Waals surface area contributed by atoms with Crippen LogP contribution in [0.15, 0.2) is 16.6 Å². The van der Waals surface area contributed by atoms with Crippen LogP contribution < -0.4 is 0 Å². The Kier molecular flexibility index (Phi) is 4.12. The van der Waals surface area contributed by atoms with Crippen LogP contribution in [-0.4, -0.2) is 29.5 Å². The van der Waals surface area contributed by atoms with Crippen molar-refractivity contribution in [2.45, 2.75) is 13.5 Å². The first-order chi connectivity index (χ1) is 8.84. The van der Waals surface area contributed by atoms with Gasteiger partial charge in [-0.2, -0.15) is 0 Å². The third kappa shape index (κ3) is 3.06. The quantitative estimate of drug-likeness (QED) is 0.846. The molecule has 1 aromatic heterocycles. The fraction of sp³-hybridized carbons (Fsp3) is 0.364. The van der Waals surface area contributed by atoms with Gasteiger partial charge in [-0.1, -0.05) is 6.92 Å². The number of aromatic amines is 1. The highest BCUT2D eigenvalue weighted by Gasteiger charge is 2.12. The molecule has 0 radical (unpaired) electrons. The number of aromatic nitrogens is 2. The van der Waals surface area contributed by atoms with Crippen LogP contribution >= 0.6 is 28.1 Å². The SMILES string of the molecule is CCS(=O)(=O)CCn1c(=S)[nH]c2cc(F)c(Br)cc21. The number of H-pyrrole nitrogens is 1. The highest BCUT2D eigenvalue weighted by atomic mass is 79.9. The first-order valence-electron chi connectivity index (χ1n) is 5.62. The van der Waals surface area contributed by atoms with E-state index in [1.54, 1.807) is 17.6 Å². The second-order valence-electron chi connectivity index (χ2n) is 4.10. The van der Waals surface area contributed by atoms with Crippen molar-refractivity contribution in [2.75, 3.05) is 11.5 Å². The Morgan fingerprint density at radius 1 is 1.47 bits per heavy atom. The molecule has 0 unspecified atom stereocenters. The van der Waals surface area contributed by atoms with Crippen molar-refractivity contribution < 1.29 is 12.8 Å². The summed E-state index contributed by atoms with van der Waals surface area (Å²) in [6, 6.07) is 2.93. The maximum Gasteiger partial charge on any atom is 0.178 e. The number of fused-ring (bicyclic) bond motifs is 1. The molecule has 4 nitrogen and oxygen atoms in total. The largest absolute Gasteiger partial charge is 0.330 e. The van der Waals surface area contributed by atoms with Crippen molar-refractivity contribution in [3.63, 3.8) is 0 Å². The van der Waals surface area contributed by atoms with E-state index in [2.05, 4.69) is 20.9 Å². The first-order valence-corrected chi connectivity index (χ1v) is 8.64. The maximum atomic E-state index is 13.4. The monoisotopic (exact) mass is 366 g/mol. The van der Waals surface area contributed by atoms with E-state index in [9.17, 15) is 12.8 Å². The number of aryl methyl sites for hydroxylation is 1. The first kappa shape index (κ1) is 14.7. The van der Waals surface area contributed by atoms with Crippen molar-refractivity contribution in [3.05, 3.63) is 27.2 Å². The van der Waals surface area contributed by atoms with Gasteiger partial charge in [0.25, 0.3) is 0 Å². The number of halogens is 2. The minimum atomic E-state index is -3.07. The molecule has 1 N–H and O–H groups in total. The molecule has 0 amide bonds. The molecule has 104 valence electrons. The lowest BCUT2D eigenvalue weighted by Gasteiger charge is -2.05. The van der Waals surface area contributed by atoms with Gasteiger partial charge >= 0.3 is 0 Å². The average molecular weight is 367 g/mol. The molecule has 0 fully saturated rings. The third-order valence-electron chi connectivity index (χ3n) is 2.88. The smallest absolute Gasteiger partial charge is 0.178 e. The number of hydrogen-bond acceptors (Lipinski definition) is 3. The summed E-state index contributed by atoms with van der Waals surface area (Å²) in [6.07, 6.45) is 0. The highest BCUT2D eigenvalue weighted by Crippen LogP contribution is 2.23. The van der Waals surface area contributed by atoms with Crippen LogP contribution in [-0.2, 0) is 16.4 Å². The normalized spacial score (nSPS) is 12.2. The summed E-state index contributed by atoms with van der Waals surface area (Å²) >= 11 is 8.25. The molecule has 2 aromatic rings. The second kappa shape index (κ2) is 5.34. The number of rotatable bonds is 4. The summed E-state index contributed by atoms with van der Waals surface area (Å²) in [5, 5.41) is 0. The number of nitrogens with zero attached hydrogens (tertiary/aromatic N) is 1. The Morgan fingerprint density at radius 3 is 2.79 bits per heavy atom. The number of benzene rings is 1. The van der Waals surface area contributed by atoms with Gasteiger partial charge in [0.15, 0.2) is 14.6 Å². The highest BCUT2D eigenvalue weighted by molar-refractivity contribution is 9.10. The third-order valence-corrected chi connectivity index (χ3v) is 5.50. The van der Waals surface area contributed by atoms with E-state index in [0.717, 1.165) is 0 Å². The lowest BCUT2D eigenvalue weighted by Crippen LogP contribution is -2.14. The Balaban J connectivity index is 2.46. The zero-order valence-corrected chi connectivity index (χ0v) is 13.3. The van der Waals surface area contributed by atoms with Crippen LogP contribution in [0, 0.1) is 10.6 Å². The minimum absolute atomic E-state index is 0.0136. The standard InChI is InChI=1S/C11H12BrFN2O2S2/c1-2-19(16,17)4-3-15-10-5-7(12)8(13)6-9(10)14-11(15)18/h5-6H,2-4H2,1H3,(H,14,18). The molecule has 19 heavy (non-hydrogen) atoms. The molecule has 0 aliphatic heterocycles. The van der Waals surface area contributed by atoms with Crippen molar-refractivity contribution in [1.82, 2.24) is 9.55 Å². The van der Waals surface area contributed by atoms with Crippen LogP contribution in [0.25, 0.3) is 11.0 Å². The van der Waals surface area contributed by atoms with Gasteiger partial charge < -0.3 is 9.55 Å². The zero-order chi connectivity index (χ0) is 14.2. The molecule has 0 atom stereocenters. The summed E-state index contributed by atoms with van der Waals surface area (Å²) in [5.41, 5.74) is 1.24. The number of sulfone groups is 1. The molecule has 0 aliphatic rings. The van der Waals surface area contributed by atoms with Crippen LogP contribution in [0.4, 0.5) is 4.39 Å². The fourth-order valence-electron chi connectivity index (χ4n) is 1.75. The predicted molar refractivity (Wildman–Crippen MR) is 79.1 cm³/mol. The van der Waals surface area contributed by atoms with Crippen LogP contribution in [0.1, 0.15) is 6.92 Å². The summed E-state index contributed by atoms with van der Waals surface area (Å²) in [5.74, 6) is -0.280. The molecule has 0 saturated carbocycles. The molecule has 0 saturated heterocycles. The van der Waals surface area contributed by atoms with Gasteiger partial charge in [-0.3, -0.25) is 0 Å². The number of hydrogen-bond donors (Lipinski definition) is 1. The molecular formula is C11H12BrFN2O2S2. The summed E-state index contributed by atoms with van der Waals surface area (Å²) < 4.78 is 38.9. The van der Waals surface area contributed by atoms with E-state index in [1.165, 1.54) is 6.07 Å². The molecule has 0 bridgehead atoms. The molecule has 1 heterocycles. The Labute approximate surface area is 123 Å². The van der Waals surface area contributed by atoms with Gasteiger partial charge in [-0.25, -0.2) is 12.8 Å². The van der Waals surface area contributed by atoms with Crippen molar-refractivity contribution >= 4 is 49.0 Å².